The Morgan fingerprint density at radius 3 is 2.61 bits per heavy atom. The number of nitrogens with one attached hydrogen (secondary N) is 1. The van der Waals surface area contributed by atoms with Crippen molar-refractivity contribution in [1.82, 2.24) is 10.3 Å². The first-order valence-electron chi connectivity index (χ1n) is 6.12. The van der Waals surface area contributed by atoms with Gasteiger partial charge >= 0.3 is 0 Å². The van der Waals surface area contributed by atoms with E-state index in [1.165, 1.54) is 5.56 Å². The molecular weight excluding hydrogens is 244 g/mol. The molecule has 2 rings (SSSR count). The van der Waals surface area contributed by atoms with Crippen molar-refractivity contribution in [3.63, 3.8) is 0 Å². The number of rotatable bonds is 5. The Kier molecular flexibility index (Phi) is 4.73. The van der Waals surface area contributed by atoms with E-state index in [0.717, 1.165) is 35.9 Å². The molecule has 0 unspecified atom stereocenters. The van der Waals surface area contributed by atoms with Gasteiger partial charge in [0.25, 0.3) is 0 Å². The van der Waals surface area contributed by atoms with Crippen molar-refractivity contribution in [1.29, 1.82) is 0 Å². The molecule has 0 amide bonds. The van der Waals surface area contributed by atoms with E-state index >= 15 is 0 Å². The molecule has 1 aromatic carbocycles. The van der Waals surface area contributed by atoms with Gasteiger partial charge in [-0.3, -0.25) is 4.98 Å². The van der Waals surface area contributed by atoms with Crippen molar-refractivity contribution in [2.45, 2.75) is 19.9 Å². The smallest absolute Gasteiger partial charge is 0.0544 e. The molecular formula is C15H17ClN2. The second-order valence-corrected chi connectivity index (χ2v) is 4.76. The van der Waals surface area contributed by atoms with Crippen LogP contribution in [0, 0.1) is 6.92 Å². The van der Waals surface area contributed by atoms with Crippen LogP contribution < -0.4 is 5.32 Å². The van der Waals surface area contributed by atoms with Crippen LogP contribution in [0.25, 0.3) is 0 Å². The Morgan fingerprint density at radius 2 is 1.89 bits per heavy atom. The summed E-state index contributed by atoms with van der Waals surface area (Å²) in [5, 5.41) is 4.18. The van der Waals surface area contributed by atoms with Crippen molar-refractivity contribution in [2.75, 3.05) is 6.54 Å². The first-order valence-corrected chi connectivity index (χ1v) is 6.49. The summed E-state index contributed by atoms with van der Waals surface area (Å²) < 4.78 is 0. The average Bonchev–Trinajstić information content (AvgIpc) is 2.37. The lowest BCUT2D eigenvalue weighted by atomic mass is 10.1. The van der Waals surface area contributed by atoms with Crippen molar-refractivity contribution in [2.24, 2.45) is 0 Å². The summed E-state index contributed by atoms with van der Waals surface area (Å²) in [6.45, 7) is 3.77. The van der Waals surface area contributed by atoms with Gasteiger partial charge in [0.05, 0.1) is 5.69 Å². The van der Waals surface area contributed by atoms with Gasteiger partial charge in [-0.05, 0) is 49.7 Å². The fourth-order valence-electron chi connectivity index (χ4n) is 1.80. The minimum Gasteiger partial charge on any atom is -0.311 e. The molecule has 0 saturated heterocycles. The molecule has 2 aromatic rings. The summed E-state index contributed by atoms with van der Waals surface area (Å²) in [5.74, 6) is 0. The number of hydrogen-bond donors (Lipinski definition) is 1. The Labute approximate surface area is 113 Å². The van der Waals surface area contributed by atoms with Crippen LogP contribution in [0.1, 0.15) is 17.0 Å². The van der Waals surface area contributed by atoms with Crippen LogP contribution in [0.4, 0.5) is 0 Å². The van der Waals surface area contributed by atoms with E-state index in [1.807, 2.05) is 37.3 Å². The van der Waals surface area contributed by atoms with Crippen LogP contribution in [0.5, 0.6) is 0 Å². The van der Waals surface area contributed by atoms with Crippen molar-refractivity contribution in [3.05, 3.63) is 64.4 Å². The lowest BCUT2D eigenvalue weighted by Gasteiger charge is -2.05. The van der Waals surface area contributed by atoms with Crippen LogP contribution in [0.2, 0.25) is 5.02 Å². The predicted octanol–water partition coefficient (Wildman–Crippen LogP) is 3.38. The molecule has 18 heavy (non-hydrogen) atoms. The second kappa shape index (κ2) is 6.53. The zero-order chi connectivity index (χ0) is 12.8. The van der Waals surface area contributed by atoms with Gasteiger partial charge in [-0.25, -0.2) is 0 Å². The molecule has 94 valence electrons. The minimum absolute atomic E-state index is 0.788. The lowest BCUT2D eigenvalue weighted by Crippen LogP contribution is -2.17. The molecule has 0 aliphatic carbocycles. The Bertz CT molecular complexity index is 494. The molecule has 0 aliphatic heterocycles. The van der Waals surface area contributed by atoms with Gasteiger partial charge in [-0.1, -0.05) is 29.8 Å². The van der Waals surface area contributed by atoms with Crippen LogP contribution in [0.3, 0.4) is 0 Å². The summed E-state index contributed by atoms with van der Waals surface area (Å²) in [6, 6.07) is 14.1. The second-order valence-electron chi connectivity index (χ2n) is 4.32. The summed E-state index contributed by atoms with van der Waals surface area (Å²) >= 11 is 5.84. The zero-order valence-electron chi connectivity index (χ0n) is 10.5. The molecule has 0 bridgehead atoms. The summed E-state index contributed by atoms with van der Waals surface area (Å²) in [6.07, 6.45) is 1.00. The standard InChI is InChI=1S/C15H17ClN2/c1-12-3-2-4-15(18-12)11-17-10-9-13-5-7-14(16)8-6-13/h2-8,17H,9-11H2,1H3. The van der Waals surface area contributed by atoms with Gasteiger partial charge in [-0.2, -0.15) is 0 Å². The van der Waals surface area contributed by atoms with Crippen LogP contribution in [-0.2, 0) is 13.0 Å². The topological polar surface area (TPSA) is 24.9 Å². The van der Waals surface area contributed by atoms with Crippen LogP contribution in [0.15, 0.2) is 42.5 Å². The zero-order valence-corrected chi connectivity index (χ0v) is 11.2. The van der Waals surface area contributed by atoms with Crippen LogP contribution in [-0.4, -0.2) is 11.5 Å². The third kappa shape index (κ3) is 4.13. The summed E-state index contributed by atoms with van der Waals surface area (Å²) in [4.78, 5) is 4.45. The number of benzene rings is 1. The van der Waals surface area contributed by atoms with Gasteiger partial charge in [-0.15, -0.1) is 0 Å². The highest BCUT2D eigenvalue weighted by Gasteiger charge is 1.96. The van der Waals surface area contributed by atoms with Gasteiger partial charge in [0.15, 0.2) is 0 Å². The monoisotopic (exact) mass is 260 g/mol. The number of nitrogens with zero attached hydrogens (tertiary/aromatic N) is 1. The van der Waals surface area contributed by atoms with E-state index in [1.54, 1.807) is 0 Å². The molecule has 2 nitrogen and oxygen atoms in total. The lowest BCUT2D eigenvalue weighted by molar-refractivity contribution is 0.673. The molecule has 0 atom stereocenters. The fraction of sp³-hybridized carbons (Fsp3) is 0.267. The molecule has 0 fully saturated rings. The SMILES string of the molecule is Cc1cccc(CNCCc2ccc(Cl)cc2)n1. The normalized spacial score (nSPS) is 10.6. The highest BCUT2D eigenvalue weighted by atomic mass is 35.5. The molecule has 0 aliphatic rings. The maximum absolute atomic E-state index is 5.84. The maximum atomic E-state index is 5.84. The van der Waals surface area contributed by atoms with Crippen molar-refractivity contribution < 1.29 is 0 Å². The predicted molar refractivity (Wildman–Crippen MR) is 75.8 cm³/mol. The number of aromatic nitrogens is 1. The fourth-order valence-corrected chi connectivity index (χ4v) is 1.92. The van der Waals surface area contributed by atoms with E-state index in [2.05, 4.69) is 22.4 Å². The highest BCUT2D eigenvalue weighted by molar-refractivity contribution is 6.30. The van der Waals surface area contributed by atoms with Gasteiger partial charge < -0.3 is 5.32 Å². The molecule has 0 spiro atoms. The Morgan fingerprint density at radius 1 is 1.11 bits per heavy atom. The van der Waals surface area contributed by atoms with Crippen molar-refractivity contribution in [3.8, 4) is 0 Å². The van der Waals surface area contributed by atoms with E-state index in [4.69, 9.17) is 11.6 Å². The summed E-state index contributed by atoms with van der Waals surface area (Å²) in [5.41, 5.74) is 3.45. The first kappa shape index (κ1) is 13.1. The van der Waals surface area contributed by atoms with E-state index in [0.29, 0.717) is 0 Å². The number of pyridine rings is 1. The largest absolute Gasteiger partial charge is 0.311 e. The highest BCUT2D eigenvalue weighted by Crippen LogP contribution is 2.09. The Hall–Kier alpha value is -1.38. The van der Waals surface area contributed by atoms with Crippen LogP contribution >= 0.6 is 11.6 Å². The maximum Gasteiger partial charge on any atom is 0.0544 e. The molecule has 1 heterocycles. The van der Waals surface area contributed by atoms with Gasteiger partial charge in [0.2, 0.25) is 0 Å². The molecule has 3 heteroatoms. The number of halogens is 1. The Balaban J connectivity index is 1.74. The molecule has 1 N–H and O–H groups in total. The van der Waals surface area contributed by atoms with E-state index in [9.17, 15) is 0 Å². The third-order valence-corrected chi connectivity index (χ3v) is 3.01. The first-order chi connectivity index (χ1) is 8.74. The third-order valence-electron chi connectivity index (χ3n) is 2.76. The van der Waals surface area contributed by atoms with E-state index in [-0.39, 0.29) is 0 Å². The molecule has 0 radical (unpaired) electrons. The van der Waals surface area contributed by atoms with Gasteiger partial charge in [0, 0.05) is 17.3 Å². The van der Waals surface area contributed by atoms with Gasteiger partial charge in [0.1, 0.15) is 0 Å². The van der Waals surface area contributed by atoms with Crippen molar-refractivity contribution >= 4 is 11.6 Å². The van der Waals surface area contributed by atoms with E-state index < -0.39 is 0 Å². The summed E-state index contributed by atoms with van der Waals surface area (Å²) in [7, 11) is 0. The minimum atomic E-state index is 0.788. The quantitative estimate of drug-likeness (QED) is 0.834. The molecule has 0 saturated carbocycles. The number of hydrogen-bond acceptors (Lipinski definition) is 2. The molecule has 1 aromatic heterocycles. The average molecular weight is 261 g/mol. The number of aryl methyl sites for hydroxylation is 1.